The van der Waals surface area contributed by atoms with Gasteiger partial charge in [-0.3, -0.25) is 0 Å². The van der Waals surface area contributed by atoms with Crippen molar-refractivity contribution in [1.82, 2.24) is 5.32 Å². The first kappa shape index (κ1) is 13.6. The summed E-state index contributed by atoms with van der Waals surface area (Å²) in [7, 11) is 0. The smallest absolute Gasteiger partial charge is 0.0360 e. The molecule has 1 N–H and O–H groups in total. The van der Waals surface area contributed by atoms with E-state index in [-0.39, 0.29) is 0 Å². The van der Waals surface area contributed by atoms with Crippen LogP contribution in [0, 0.1) is 0 Å². The van der Waals surface area contributed by atoms with Gasteiger partial charge in [0.15, 0.2) is 0 Å². The second-order valence-electron chi connectivity index (χ2n) is 4.79. The van der Waals surface area contributed by atoms with Gasteiger partial charge in [-0.15, -0.1) is 6.58 Å². The largest absolute Gasteiger partial charge is 0.303 e. The molecule has 2 atom stereocenters. The number of hydrogen-bond acceptors (Lipinski definition) is 1. The highest BCUT2D eigenvalue weighted by molar-refractivity contribution is 5.22. The van der Waals surface area contributed by atoms with Crippen molar-refractivity contribution in [3.63, 3.8) is 0 Å². The maximum Gasteiger partial charge on any atom is 0.0360 e. The number of nitrogens with one attached hydrogen (secondary N) is 1. The van der Waals surface area contributed by atoms with Crippen LogP contribution in [0.25, 0.3) is 0 Å². The molecule has 0 amide bonds. The van der Waals surface area contributed by atoms with E-state index in [2.05, 4.69) is 79.5 Å². The van der Waals surface area contributed by atoms with Gasteiger partial charge in [0.25, 0.3) is 0 Å². The van der Waals surface area contributed by atoms with Gasteiger partial charge in [-0.1, -0.05) is 66.7 Å². The molecule has 2 aromatic carbocycles. The Morgan fingerprint density at radius 3 is 2.00 bits per heavy atom. The van der Waals surface area contributed by atoms with Gasteiger partial charge in [0.05, 0.1) is 0 Å². The minimum atomic E-state index is 0.314. The molecule has 0 saturated carbocycles. The first-order valence-electron chi connectivity index (χ1n) is 6.78. The molecule has 1 nitrogen and oxygen atoms in total. The van der Waals surface area contributed by atoms with Gasteiger partial charge in [0.2, 0.25) is 0 Å². The molecule has 0 unspecified atom stereocenters. The summed E-state index contributed by atoms with van der Waals surface area (Å²) in [5.41, 5.74) is 2.62. The molecule has 0 radical (unpaired) electrons. The van der Waals surface area contributed by atoms with Gasteiger partial charge in [-0.05, 0) is 24.5 Å². The molecular formula is C18H21N. The van der Waals surface area contributed by atoms with Crippen LogP contribution in [-0.4, -0.2) is 0 Å². The SMILES string of the molecule is C=CC[C@H](N[C@@H](C)c1ccccc1)c1ccccc1. The van der Waals surface area contributed by atoms with Gasteiger partial charge in [0, 0.05) is 12.1 Å². The van der Waals surface area contributed by atoms with Crippen molar-refractivity contribution in [3.8, 4) is 0 Å². The summed E-state index contributed by atoms with van der Waals surface area (Å²) in [4.78, 5) is 0. The summed E-state index contributed by atoms with van der Waals surface area (Å²) in [5, 5.41) is 3.68. The maximum atomic E-state index is 3.87. The van der Waals surface area contributed by atoms with Crippen LogP contribution in [-0.2, 0) is 0 Å². The van der Waals surface area contributed by atoms with Crippen molar-refractivity contribution in [2.75, 3.05) is 0 Å². The van der Waals surface area contributed by atoms with Crippen molar-refractivity contribution in [2.45, 2.75) is 25.4 Å². The molecule has 0 saturated heterocycles. The molecule has 2 rings (SSSR count). The predicted molar refractivity (Wildman–Crippen MR) is 82.0 cm³/mol. The zero-order chi connectivity index (χ0) is 13.5. The average Bonchev–Trinajstić information content (AvgIpc) is 2.48. The first-order chi connectivity index (χ1) is 9.31. The zero-order valence-electron chi connectivity index (χ0n) is 11.4. The molecule has 0 aliphatic rings. The fourth-order valence-corrected chi connectivity index (χ4v) is 2.29. The third-order valence-electron chi connectivity index (χ3n) is 3.36. The molecular weight excluding hydrogens is 230 g/mol. The topological polar surface area (TPSA) is 12.0 Å². The van der Waals surface area contributed by atoms with Crippen LogP contribution in [0.1, 0.15) is 36.6 Å². The van der Waals surface area contributed by atoms with Gasteiger partial charge < -0.3 is 5.32 Å². The zero-order valence-corrected chi connectivity index (χ0v) is 11.4. The summed E-state index contributed by atoms with van der Waals surface area (Å²) >= 11 is 0. The van der Waals surface area contributed by atoms with Crippen molar-refractivity contribution < 1.29 is 0 Å². The Morgan fingerprint density at radius 2 is 1.47 bits per heavy atom. The van der Waals surface area contributed by atoms with Gasteiger partial charge in [-0.2, -0.15) is 0 Å². The summed E-state index contributed by atoms with van der Waals surface area (Å²) in [6, 6.07) is 21.7. The lowest BCUT2D eigenvalue weighted by Crippen LogP contribution is -2.24. The lowest BCUT2D eigenvalue weighted by Gasteiger charge is -2.23. The van der Waals surface area contributed by atoms with E-state index in [0.717, 1.165) is 6.42 Å². The molecule has 0 aliphatic heterocycles. The van der Waals surface area contributed by atoms with Gasteiger partial charge >= 0.3 is 0 Å². The molecule has 2 aromatic rings. The lowest BCUT2D eigenvalue weighted by molar-refractivity contribution is 0.470. The summed E-state index contributed by atoms with van der Waals surface area (Å²) in [6.07, 6.45) is 2.91. The van der Waals surface area contributed by atoms with E-state index in [4.69, 9.17) is 0 Å². The Hall–Kier alpha value is -1.86. The minimum Gasteiger partial charge on any atom is -0.303 e. The highest BCUT2D eigenvalue weighted by atomic mass is 14.9. The van der Waals surface area contributed by atoms with Crippen molar-refractivity contribution in [1.29, 1.82) is 0 Å². The quantitative estimate of drug-likeness (QED) is 0.737. The van der Waals surface area contributed by atoms with E-state index < -0.39 is 0 Å². The molecule has 0 aliphatic carbocycles. The van der Waals surface area contributed by atoms with E-state index in [0.29, 0.717) is 12.1 Å². The van der Waals surface area contributed by atoms with Gasteiger partial charge in [0.1, 0.15) is 0 Å². The van der Waals surface area contributed by atoms with Crippen LogP contribution < -0.4 is 5.32 Å². The Morgan fingerprint density at radius 1 is 0.947 bits per heavy atom. The third kappa shape index (κ3) is 3.80. The van der Waals surface area contributed by atoms with Crippen LogP contribution in [0.2, 0.25) is 0 Å². The number of rotatable bonds is 6. The molecule has 0 bridgehead atoms. The summed E-state index contributed by atoms with van der Waals surface area (Å²) < 4.78 is 0. The van der Waals surface area contributed by atoms with Crippen LogP contribution >= 0.6 is 0 Å². The Balaban J connectivity index is 2.11. The molecule has 19 heavy (non-hydrogen) atoms. The highest BCUT2D eigenvalue weighted by Gasteiger charge is 2.13. The average molecular weight is 251 g/mol. The second kappa shape index (κ2) is 6.91. The molecule has 0 heterocycles. The lowest BCUT2D eigenvalue weighted by atomic mass is 10.0. The van der Waals surface area contributed by atoms with E-state index in [1.165, 1.54) is 11.1 Å². The van der Waals surface area contributed by atoms with Gasteiger partial charge in [-0.25, -0.2) is 0 Å². The van der Waals surface area contributed by atoms with Crippen LogP contribution in [0.4, 0.5) is 0 Å². The Labute approximate surface area is 116 Å². The van der Waals surface area contributed by atoms with Crippen molar-refractivity contribution in [3.05, 3.63) is 84.4 Å². The molecule has 0 fully saturated rings. The van der Waals surface area contributed by atoms with E-state index >= 15 is 0 Å². The van der Waals surface area contributed by atoms with Crippen molar-refractivity contribution >= 4 is 0 Å². The predicted octanol–water partition coefficient (Wildman–Crippen LogP) is 4.65. The molecule has 1 heteroatoms. The summed E-state index contributed by atoms with van der Waals surface area (Å²) in [6.45, 7) is 6.07. The normalized spacial score (nSPS) is 13.7. The first-order valence-corrected chi connectivity index (χ1v) is 6.78. The van der Waals surface area contributed by atoms with Crippen LogP contribution in [0.15, 0.2) is 73.3 Å². The number of hydrogen-bond donors (Lipinski definition) is 1. The maximum absolute atomic E-state index is 3.87. The van der Waals surface area contributed by atoms with E-state index in [1.54, 1.807) is 0 Å². The monoisotopic (exact) mass is 251 g/mol. The standard InChI is InChI=1S/C18H21N/c1-3-10-18(17-13-8-5-9-14-17)19-15(2)16-11-6-4-7-12-16/h3-9,11-15,18-19H,1,10H2,2H3/t15-,18-/m0/s1. The molecule has 98 valence electrons. The van der Waals surface area contributed by atoms with E-state index in [1.807, 2.05) is 6.08 Å². The van der Waals surface area contributed by atoms with Crippen molar-refractivity contribution in [2.24, 2.45) is 0 Å². The fraction of sp³-hybridized carbons (Fsp3) is 0.222. The second-order valence-corrected chi connectivity index (χ2v) is 4.79. The molecule has 0 spiro atoms. The van der Waals surface area contributed by atoms with Crippen LogP contribution in [0.3, 0.4) is 0 Å². The van der Waals surface area contributed by atoms with E-state index in [9.17, 15) is 0 Å². The Bertz CT molecular complexity index is 490. The minimum absolute atomic E-state index is 0.314. The Kier molecular flexibility index (Phi) is 4.93. The highest BCUT2D eigenvalue weighted by Crippen LogP contribution is 2.22. The van der Waals surface area contributed by atoms with Crippen LogP contribution in [0.5, 0.6) is 0 Å². The number of benzene rings is 2. The molecule has 0 aromatic heterocycles. The third-order valence-corrected chi connectivity index (χ3v) is 3.36. The fourth-order valence-electron chi connectivity index (χ4n) is 2.29. The summed E-state index contributed by atoms with van der Waals surface area (Å²) in [5.74, 6) is 0.